The van der Waals surface area contributed by atoms with E-state index in [-0.39, 0.29) is 24.0 Å². The smallest absolute Gasteiger partial charge is 0.223 e. The molecule has 0 aromatic heterocycles. The van der Waals surface area contributed by atoms with Gasteiger partial charge in [0.05, 0.1) is 13.2 Å². The zero-order valence-electron chi connectivity index (χ0n) is 12.4. The summed E-state index contributed by atoms with van der Waals surface area (Å²) in [5.74, 6) is 1.45. The van der Waals surface area contributed by atoms with Crippen molar-refractivity contribution < 1.29 is 14.6 Å². The Kier molecular flexibility index (Phi) is 4.15. The summed E-state index contributed by atoms with van der Waals surface area (Å²) in [6, 6.07) is 8.23. The molecule has 2 atom stereocenters. The van der Waals surface area contributed by atoms with E-state index in [2.05, 4.69) is 11.4 Å². The highest BCUT2D eigenvalue weighted by molar-refractivity contribution is 5.83. The van der Waals surface area contributed by atoms with E-state index in [1.165, 1.54) is 5.56 Å². The quantitative estimate of drug-likeness (QED) is 0.893. The van der Waals surface area contributed by atoms with Crippen LogP contribution >= 0.6 is 0 Å². The molecule has 4 nitrogen and oxygen atoms in total. The number of aliphatic hydroxyl groups is 1. The summed E-state index contributed by atoms with van der Waals surface area (Å²) in [6.45, 7) is 0. The predicted octanol–water partition coefficient (Wildman–Crippen LogP) is 2.22. The number of carbonyl (C=O) groups excluding carboxylic acids is 1. The highest BCUT2D eigenvalue weighted by Crippen LogP contribution is 2.48. The van der Waals surface area contributed by atoms with Crippen LogP contribution in [0.25, 0.3) is 0 Å². The molecule has 3 rings (SSSR count). The third-order valence-electron chi connectivity index (χ3n) is 4.69. The first kappa shape index (κ1) is 14.4. The van der Waals surface area contributed by atoms with Crippen molar-refractivity contribution in [2.75, 3.05) is 7.11 Å². The lowest BCUT2D eigenvalue weighted by Crippen LogP contribution is -2.39. The molecule has 0 spiro atoms. The normalized spacial score (nSPS) is 31.5. The molecule has 21 heavy (non-hydrogen) atoms. The number of ether oxygens (including phenoxy) is 1. The average molecular weight is 289 g/mol. The Hall–Kier alpha value is -1.55. The van der Waals surface area contributed by atoms with Crippen molar-refractivity contribution >= 4 is 5.91 Å². The van der Waals surface area contributed by atoms with Gasteiger partial charge in [0.25, 0.3) is 0 Å². The minimum absolute atomic E-state index is 0.101. The summed E-state index contributed by atoms with van der Waals surface area (Å²) in [4.78, 5) is 12.3. The molecule has 0 heterocycles. The number of amides is 1. The second-order valence-corrected chi connectivity index (χ2v) is 6.24. The van der Waals surface area contributed by atoms with Gasteiger partial charge in [-0.25, -0.2) is 0 Å². The third-order valence-corrected chi connectivity index (χ3v) is 4.69. The Morgan fingerprint density at radius 1 is 1.29 bits per heavy atom. The van der Waals surface area contributed by atoms with Gasteiger partial charge in [-0.15, -0.1) is 0 Å². The fourth-order valence-corrected chi connectivity index (χ4v) is 3.25. The summed E-state index contributed by atoms with van der Waals surface area (Å²) in [5, 5.41) is 12.6. The zero-order valence-corrected chi connectivity index (χ0v) is 12.4. The number of hydrogen-bond donors (Lipinski definition) is 2. The first-order valence-electron chi connectivity index (χ1n) is 7.79. The molecular formula is C17H23NO3. The van der Waals surface area contributed by atoms with Gasteiger partial charge in [-0.3, -0.25) is 4.79 Å². The van der Waals surface area contributed by atoms with E-state index in [9.17, 15) is 9.90 Å². The average Bonchev–Trinajstić information content (AvgIpc) is 3.30. The molecule has 4 heteroatoms. The topological polar surface area (TPSA) is 58.6 Å². The van der Waals surface area contributed by atoms with E-state index in [0.717, 1.165) is 37.9 Å². The van der Waals surface area contributed by atoms with Crippen LogP contribution in [0, 0.1) is 5.92 Å². The first-order valence-corrected chi connectivity index (χ1v) is 7.79. The van der Waals surface area contributed by atoms with Crippen LogP contribution in [0.5, 0.6) is 5.75 Å². The van der Waals surface area contributed by atoms with Crippen molar-refractivity contribution in [3.05, 3.63) is 29.8 Å². The van der Waals surface area contributed by atoms with Gasteiger partial charge in [0.2, 0.25) is 5.91 Å². The van der Waals surface area contributed by atoms with Gasteiger partial charge in [0, 0.05) is 12.0 Å². The van der Waals surface area contributed by atoms with E-state index in [1.807, 2.05) is 18.2 Å². The Bertz CT molecular complexity index is 509. The van der Waals surface area contributed by atoms with Crippen LogP contribution in [-0.2, 0) is 4.79 Å². The maximum absolute atomic E-state index is 12.3. The fourth-order valence-electron chi connectivity index (χ4n) is 3.25. The van der Waals surface area contributed by atoms with E-state index >= 15 is 0 Å². The van der Waals surface area contributed by atoms with E-state index in [0.29, 0.717) is 5.92 Å². The molecule has 0 radical (unpaired) electrons. The lowest BCUT2D eigenvalue weighted by atomic mass is 9.93. The molecule has 2 N–H and O–H groups in total. The fraction of sp³-hybridized carbons (Fsp3) is 0.588. The molecule has 1 aromatic rings. The number of benzene rings is 1. The highest BCUT2D eigenvalue weighted by atomic mass is 16.5. The van der Waals surface area contributed by atoms with Gasteiger partial charge in [-0.1, -0.05) is 12.1 Å². The van der Waals surface area contributed by atoms with Crippen molar-refractivity contribution in [2.24, 2.45) is 5.92 Å². The van der Waals surface area contributed by atoms with Crippen molar-refractivity contribution in [1.29, 1.82) is 0 Å². The van der Waals surface area contributed by atoms with Gasteiger partial charge in [0.15, 0.2) is 0 Å². The number of nitrogens with one attached hydrogen (secondary N) is 1. The lowest BCUT2D eigenvalue weighted by Gasteiger charge is -2.26. The van der Waals surface area contributed by atoms with Crippen molar-refractivity contribution in [2.45, 2.75) is 50.2 Å². The number of aliphatic hydroxyl groups excluding tert-OH is 1. The molecule has 1 amide bonds. The second-order valence-electron chi connectivity index (χ2n) is 6.24. The maximum Gasteiger partial charge on any atom is 0.223 e. The molecule has 0 aliphatic heterocycles. The summed E-state index contributed by atoms with van der Waals surface area (Å²) >= 11 is 0. The minimum atomic E-state index is -0.177. The molecule has 0 saturated heterocycles. The minimum Gasteiger partial charge on any atom is -0.497 e. The van der Waals surface area contributed by atoms with E-state index in [1.54, 1.807) is 7.11 Å². The number of rotatable bonds is 4. The Balaban J connectivity index is 1.53. The van der Waals surface area contributed by atoms with Crippen LogP contribution in [0.2, 0.25) is 0 Å². The van der Waals surface area contributed by atoms with Gasteiger partial charge in [0.1, 0.15) is 5.75 Å². The summed E-state index contributed by atoms with van der Waals surface area (Å²) in [7, 11) is 1.66. The zero-order chi connectivity index (χ0) is 14.8. The summed E-state index contributed by atoms with van der Waals surface area (Å²) in [5.41, 5.74) is 1.19. The highest BCUT2D eigenvalue weighted by Gasteiger charge is 2.44. The third kappa shape index (κ3) is 3.38. The summed E-state index contributed by atoms with van der Waals surface area (Å²) in [6.07, 6.45) is 4.13. The molecule has 2 aliphatic carbocycles. The first-order chi connectivity index (χ1) is 10.2. The maximum atomic E-state index is 12.3. The summed E-state index contributed by atoms with van der Waals surface area (Å²) < 4.78 is 5.24. The molecule has 0 bridgehead atoms. The Labute approximate surface area is 125 Å². The molecule has 1 aromatic carbocycles. The van der Waals surface area contributed by atoms with Gasteiger partial charge in [-0.2, -0.15) is 0 Å². The lowest BCUT2D eigenvalue weighted by molar-refractivity contribution is -0.123. The molecular weight excluding hydrogens is 266 g/mol. The van der Waals surface area contributed by atoms with E-state index < -0.39 is 0 Å². The van der Waals surface area contributed by atoms with Crippen LogP contribution in [0.1, 0.15) is 43.6 Å². The van der Waals surface area contributed by atoms with Gasteiger partial charge < -0.3 is 15.2 Å². The predicted molar refractivity (Wildman–Crippen MR) is 80.2 cm³/mol. The van der Waals surface area contributed by atoms with Crippen LogP contribution in [0.15, 0.2) is 24.3 Å². The second kappa shape index (κ2) is 6.06. The monoisotopic (exact) mass is 289 g/mol. The van der Waals surface area contributed by atoms with Crippen LogP contribution in [-0.4, -0.2) is 30.3 Å². The number of carbonyl (C=O) groups is 1. The molecule has 114 valence electrons. The number of methoxy groups -OCH3 is 1. The van der Waals surface area contributed by atoms with Crippen molar-refractivity contribution in [3.63, 3.8) is 0 Å². The molecule has 2 saturated carbocycles. The van der Waals surface area contributed by atoms with Crippen LogP contribution < -0.4 is 10.1 Å². The molecule has 2 aliphatic rings. The van der Waals surface area contributed by atoms with Crippen molar-refractivity contribution in [1.82, 2.24) is 5.32 Å². The van der Waals surface area contributed by atoms with Gasteiger partial charge in [-0.05, 0) is 55.7 Å². The van der Waals surface area contributed by atoms with Gasteiger partial charge >= 0.3 is 0 Å². The SMILES string of the molecule is COc1cccc(C2CC2C(=O)NC2CCC(O)CC2)c1. The Morgan fingerprint density at radius 2 is 2.05 bits per heavy atom. The Morgan fingerprint density at radius 3 is 2.76 bits per heavy atom. The standard InChI is InChI=1S/C17H23NO3/c1-21-14-4-2-3-11(9-14)15-10-16(15)17(20)18-12-5-7-13(19)8-6-12/h2-4,9,12-13,15-16,19H,5-8,10H2,1H3,(H,18,20). The van der Waals surface area contributed by atoms with Crippen LogP contribution in [0.4, 0.5) is 0 Å². The number of hydrogen-bond acceptors (Lipinski definition) is 3. The molecule has 2 unspecified atom stereocenters. The van der Waals surface area contributed by atoms with Crippen molar-refractivity contribution in [3.8, 4) is 5.75 Å². The van der Waals surface area contributed by atoms with E-state index in [4.69, 9.17) is 4.74 Å². The molecule has 2 fully saturated rings. The largest absolute Gasteiger partial charge is 0.497 e. The van der Waals surface area contributed by atoms with Crippen LogP contribution in [0.3, 0.4) is 0 Å².